The second-order valence-corrected chi connectivity index (χ2v) is 9.98. The van der Waals surface area contributed by atoms with Gasteiger partial charge in [0.25, 0.3) is 5.78 Å². The molecular weight excluding hydrogens is 483 g/mol. The number of hydrogen-bond donors (Lipinski definition) is 0. The van der Waals surface area contributed by atoms with Crippen LogP contribution in [-0.4, -0.2) is 65.6 Å². The lowest BCUT2D eigenvalue weighted by Crippen LogP contribution is -2.49. The van der Waals surface area contributed by atoms with Crippen molar-refractivity contribution in [1.82, 2.24) is 23.9 Å². The van der Waals surface area contributed by atoms with Crippen LogP contribution in [-0.2, 0) is 10.0 Å². The molecule has 0 unspecified atom stereocenters. The quantitative estimate of drug-likeness (QED) is 0.414. The first-order valence-electron chi connectivity index (χ1n) is 10.4. The summed E-state index contributed by atoms with van der Waals surface area (Å²) in [6, 6.07) is 10.9. The van der Waals surface area contributed by atoms with Gasteiger partial charge in [-0.3, -0.25) is 0 Å². The zero-order chi connectivity index (χ0) is 23.9. The van der Waals surface area contributed by atoms with Gasteiger partial charge in [0, 0.05) is 37.9 Å². The molecule has 3 heterocycles. The van der Waals surface area contributed by atoms with Crippen molar-refractivity contribution >= 4 is 33.2 Å². The van der Waals surface area contributed by atoms with E-state index in [2.05, 4.69) is 20.0 Å². The Hall–Kier alpha value is -3.28. The van der Waals surface area contributed by atoms with E-state index in [4.69, 9.17) is 16.3 Å². The lowest BCUT2D eigenvalue weighted by atomic mass is 10.1. The third-order valence-electron chi connectivity index (χ3n) is 5.73. The van der Waals surface area contributed by atoms with E-state index in [0.717, 1.165) is 34.8 Å². The minimum atomic E-state index is -3.87. The third kappa shape index (κ3) is 3.95. The number of aromatic nitrogens is 4. The van der Waals surface area contributed by atoms with Crippen LogP contribution >= 0.6 is 11.6 Å². The predicted octanol–water partition coefficient (Wildman–Crippen LogP) is 3.10. The number of benzene rings is 2. The zero-order valence-electron chi connectivity index (χ0n) is 18.1. The molecule has 9 nitrogen and oxygen atoms in total. The largest absolute Gasteiger partial charge is 0.497 e. The molecule has 4 aromatic rings. The lowest BCUT2D eigenvalue weighted by Gasteiger charge is -2.36. The standard InChI is InChI=1S/C22H20ClFN6O3S/c1-33-17-5-2-15(3-6-17)18-13-25-22-26-14-27-30(22)21(18)28-8-10-29(11-9-28)34(31,32)20-7-4-16(24)12-19(20)23/h2-7,12-14H,8-11H2,1H3. The lowest BCUT2D eigenvalue weighted by molar-refractivity contribution is 0.383. The van der Waals surface area contributed by atoms with Gasteiger partial charge in [-0.2, -0.15) is 18.9 Å². The minimum absolute atomic E-state index is 0.106. The van der Waals surface area contributed by atoms with E-state index in [-0.39, 0.29) is 23.0 Å². The van der Waals surface area contributed by atoms with Crippen LogP contribution in [0, 0.1) is 5.82 Å². The van der Waals surface area contributed by atoms with Crippen molar-refractivity contribution in [2.24, 2.45) is 0 Å². The number of rotatable bonds is 5. The number of piperazine rings is 1. The molecule has 2 aromatic heterocycles. The molecule has 0 bridgehead atoms. The van der Waals surface area contributed by atoms with Gasteiger partial charge in [0.1, 0.15) is 28.6 Å². The van der Waals surface area contributed by atoms with Crippen LogP contribution in [0.4, 0.5) is 10.2 Å². The van der Waals surface area contributed by atoms with Crippen LogP contribution in [0.1, 0.15) is 0 Å². The predicted molar refractivity (Wildman–Crippen MR) is 125 cm³/mol. The fourth-order valence-corrected chi connectivity index (χ4v) is 5.94. The van der Waals surface area contributed by atoms with Crippen molar-refractivity contribution in [2.75, 3.05) is 38.2 Å². The summed E-state index contributed by atoms with van der Waals surface area (Å²) in [6.07, 6.45) is 3.17. The van der Waals surface area contributed by atoms with Crippen LogP contribution < -0.4 is 9.64 Å². The van der Waals surface area contributed by atoms with Crippen LogP contribution in [0.2, 0.25) is 5.02 Å². The Morgan fingerprint density at radius 3 is 2.44 bits per heavy atom. The Morgan fingerprint density at radius 1 is 1.03 bits per heavy atom. The van der Waals surface area contributed by atoms with E-state index in [1.54, 1.807) is 17.8 Å². The molecule has 0 radical (unpaired) electrons. The van der Waals surface area contributed by atoms with Gasteiger partial charge in [-0.05, 0) is 35.9 Å². The van der Waals surface area contributed by atoms with Crippen molar-refractivity contribution in [2.45, 2.75) is 4.90 Å². The average Bonchev–Trinajstić information content (AvgIpc) is 3.32. The minimum Gasteiger partial charge on any atom is -0.497 e. The highest BCUT2D eigenvalue weighted by Crippen LogP contribution is 2.33. The Bertz CT molecular complexity index is 1450. The summed E-state index contributed by atoms with van der Waals surface area (Å²) in [5.74, 6) is 1.36. The molecule has 5 rings (SSSR count). The van der Waals surface area contributed by atoms with E-state index in [1.165, 1.54) is 16.7 Å². The Kier molecular flexibility index (Phi) is 5.84. The molecule has 1 fully saturated rings. The summed E-state index contributed by atoms with van der Waals surface area (Å²) < 4.78 is 47.9. The molecule has 0 saturated carbocycles. The summed E-state index contributed by atoms with van der Waals surface area (Å²) in [4.78, 5) is 10.5. The summed E-state index contributed by atoms with van der Waals surface area (Å²) in [5, 5.41) is 4.20. The van der Waals surface area contributed by atoms with Gasteiger partial charge in [0.05, 0.1) is 12.1 Å². The third-order valence-corrected chi connectivity index (χ3v) is 8.11. The molecule has 0 atom stereocenters. The fourth-order valence-electron chi connectivity index (χ4n) is 4.01. The first-order valence-corrected chi connectivity index (χ1v) is 12.2. The maximum Gasteiger partial charge on any atom is 0.254 e. The number of methoxy groups -OCH3 is 1. The molecular formula is C22H20ClFN6O3S. The molecule has 1 saturated heterocycles. The van der Waals surface area contributed by atoms with Crippen LogP contribution in [0.3, 0.4) is 0 Å². The second-order valence-electron chi connectivity index (χ2n) is 7.66. The molecule has 0 amide bonds. The first kappa shape index (κ1) is 22.5. The van der Waals surface area contributed by atoms with Crippen molar-refractivity contribution in [3.05, 3.63) is 65.8 Å². The smallest absolute Gasteiger partial charge is 0.254 e. The highest BCUT2D eigenvalue weighted by molar-refractivity contribution is 7.89. The number of nitrogens with zero attached hydrogens (tertiary/aromatic N) is 6. The molecule has 0 spiro atoms. The monoisotopic (exact) mass is 502 g/mol. The maximum atomic E-state index is 13.4. The van der Waals surface area contributed by atoms with Gasteiger partial charge in [0.2, 0.25) is 10.0 Å². The topological polar surface area (TPSA) is 92.9 Å². The van der Waals surface area contributed by atoms with Crippen LogP contribution in [0.5, 0.6) is 5.75 Å². The average molecular weight is 503 g/mol. The molecule has 1 aliphatic heterocycles. The number of hydrogen-bond acceptors (Lipinski definition) is 7. The van der Waals surface area contributed by atoms with E-state index in [0.29, 0.717) is 18.9 Å². The molecule has 176 valence electrons. The zero-order valence-corrected chi connectivity index (χ0v) is 19.7. The summed E-state index contributed by atoms with van der Waals surface area (Å²) in [6.45, 7) is 1.24. The molecule has 0 aliphatic carbocycles. The van der Waals surface area contributed by atoms with Crippen LogP contribution in [0.25, 0.3) is 16.9 Å². The number of fused-ring (bicyclic) bond motifs is 1. The Balaban J connectivity index is 1.46. The van der Waals surface area contributed by atoms with Gasteiger partial charge >= 0.3 is 0 Å². The van der Waals surface area contributed by atoms with E-state index in [1.807, 2.05) is 24.3 Å². The highest BCUT2D eigenvalue weighted by Gasteiger charge is 2.32. The highest BCUT2D eigenvalue weighted by atomic mass is 35.5. The van der Waals surface area contributed by atoms with Crippen molar-refractivity contribution in [3.8, 4) is 16.9 Å². The second kappa shape index (κ2) is 8.82. The van der Waals surface area contributed by atoms with Crippen molar-refractivity contribution < 1.29 is 17.5 Å². The summed E-state index contributed by atoms with van der Waals surface area (Å²) in [7, 11) is -2.26. The number of anilines is 1. The fraction of sp³-hybridized carbons (Fsp3) is 0.227. The maximum absolute atomic E-state index is 13.4. The first-order chi connectivity index (χ1) is 16.4. The van der Waals surface area contributed by atoms with E-state index in [9.17, 15) is 12.8 Å². The van der Waals surface area contributed by atoms with Gasteiger partial charge in [-0.15, -0.1) is 0 Å². The van der Waals surface area contributed by atoms with Gasteiger partial charge in [0.15, 0.2) is 0 Å². The Labute approximate surface area is 200 Å². The van der Waals surface area contributed by atoms with Gasteiger partial charge in [-0.1, -0.05) is 23.7 Å². The molecule has 0 N–H and O–H groups in total. The van der Waals surface area contributed by atoms with Gasteiger partial charge in [-0.25, -0.2) is 17.8 Å². The normalized spacial score (nSPS) is 15.1. The molecule has 1 aliphatic rings. The van der Waals surface area contributed by atoms with Crippen LogP contribution in [0.15, 0.2) is 59.9 Å². The number of sulfonamides is 1. The molecule has 2 aromatic carbocycles. The summed E-state index contributed by atoms with van der Waals surface area (Å²) >= 11 is 6.03. The van der Waals surface area contributed by atoms with Gasteiger partial charge < -0.3 is 9.64 Å². The van der Waals surface area contributed by atoms with Crippen molar-refractivity contribution in [3.63, 3.8) is 0 Å². The number of halogens is 2. The summed E-state index contributed by atoms with van der Waals surface area (Å²) in [5.41, 5.74) is 1.74. The SMILES string of the molecule is COc1ccc(-c2cnc3ncnn3c2N2CCN(S(=O)(=O)c3ccc(F)cc3Cl)CC2)cc1. The van der Waals surface area contributed by atoms with Crippen molar-refractivity contribution in [1.29, 1.82) is 0 Å². The van der Waals surface area contributed by atoms with E-state index < -0.39 is 15.8 Å². The molecule has 34 heavy (non-hydrogen) atoms. The number of ether oxygens (including phenoxy) is 1. The van der Waals surface area contributed by atoms with E-state index >= 15 is 0 Å². The molecule has 12 heteroatoms. The Morgan fingerprint density at radius 2 is 1.76 bits per heavy atom.